The number of benzene rings is 1. The maximum Gasteiger partial charge on any atom is 0.412 e. The number of amides is 2. The van der Waals surface area contributed by atoms with Gasteiger partial charge in [-0.2, -0.15) is 0 Å². The molecule has 21 heavy (non-hydrogen) atoms. The van der Waals surface area contributed by atoms with Crippen molar-refractivity contribution in [1.82, 2.24) is 5.32 Å². The molecule has 0 saturated heterocycles. The number of nitrogens with one attached hydrogen (secondary N) is 2. The first-order valence-corrected chi connectivity index (χ1v) is 7.51. The summed E-state index contributed by atoms with van der Waals surface area (Å²) in [6.07, 6.45) is 4.34. The summed E-state index contributed by atoms with van der Waals surface area (Å²) < 4.78 is 5.18. The van der Waals surface area contributed by atoms with E-state index in [0.29, 0.717) is 24.4 Å². The molecule has 0 spiro atoms. The van der Waals surface area contributed by atoms with Gasteiger partial charge in [0.1, 0.15) is 5.75 Å². The van der Waals surface area contributed by atoms with Gasteiger partial charge in [0.15, 0.2) is 0 Å². The molecule has 0 atom stereocenters. The second-order valence-electron chi connectivity index (χ2n) is 4.81. The molecule has 2 N–H and O–H groups in total. The van der Waals surface area contributed by atoms with E-state index in [4.69, 9.17) is 4.74 Å². The Hall–Kier alpha value is -2.04. The minimum atomic E-state index is -0.467. The fourth-order valence-corrected chi connectivity index (χ4v) is 1.77. The van der Waals surface area contributed by atoms with E-state index in [-0.39, 0.29) is 5.91 Å². The zero-order valence-electron chi connectivity index (χ0n) is 12.8. The van der Waals surface area contributed by atoms with Crippen LogP contribution in [0.1, 0.15) is 46.0 Å². The molecule has 2 amide bonds. The second-order valence-corrected chi connectivity index (χ2v) is 4.81. The minimum absolute atomic E-state index is 0.0764. The van der Waals surface area contributed by atoms with Gasteiger partial charge < -0.3 is 15.4 Å². The van der Waals surface area contributed by atoms with E-state index < -0.39 is 6.09 Å². The average molecular weight is 292 g/mol. The molecule has 0 bridgehead atoms. The SMILES string of the molecule is CCCCCCNC(=O)Oc1cccc(NC(=O)CC)c1. The Morgan fingerprint density at radius 3 is 2.67 bits per heavy atom. The summed E-state index contributed by atoms with van der Waals surface area (Å²) in [6, 6.07) is 6.79. The molecule has 0 aliphatic rings. The summed E-state index contributed by atoms with van der Waals surface area (Å²) >= 11 is 0. The van der Waals surface area contributed by atoms with E-state index in [9.17, 15) is 9.59 Å². The van der Waals surface area contributed by atoms with Gasteiger partial charge in [0.25, 0.3) is 0 Å². The van der Waals surface area contributed by atoms with Crippen molar-refractivity contribution in [3.63, 3.8) is 0 Å². The molecule has 116 valence electrons. The number of carbonyl (C=O) groups is 2. The lowest BCUT2D eigenvalue weighted by molar-refractivity contribution is -0.115. The van der Waals surface area contributed by atoms with Crippen LogP contribution in [0.5, 0.6) is 5.75 Å². The smallest absolute Gasteiger partial charge is 0.410 e. The van der Waals surface area contributed by atoms with Gasteiger partial charge in [0, 0.05) is 24.7 Å². The molecule has 0 fully saturated rings. The first kappa shape index (κ1) is 17.0. The summed E-state index contributed by atoms with van der Waals surface area (Å²) in [7, 11) is 0. The van der Waals surface area contributed by atoms with Crippen LogP contribution in [0.3, 0.4) is 0 Å². The van der Waals surface area contributed by atoms with Crippen LogP contribution in [0.2, 0.25) is 0 Å². The molecule has 1 rings (SSSR count). The molecule has 5 nitrogen and oxygen atoms in total. The largest absolute Gasteiger partial charge is 0.412 e. The lowest BCUT2D eigenvalue weighted by atomic mass is 10.2. The molecular weight excluding hydrogens is 268 g/mol. The van der Waals surface area contributed by atoms with Crippen molar-refractivity contribution in [3.8, 4) is 5.75 Å². The van der Waals surface area contributed by atoms with E-state index in [1.54, 1.807) is 31.2 Å². The molecule has 0 aromatic heterocycles. The average Bonchev–Trinajstić information content (AvgIpc) is 2.47. The molecular formula is C16H24N2O3. The number of ether oxygens (including phenoxy) is 1. The van der Waals surface area contributed by atoms with Crippen molar-refractivity contribution >= 4 is 17.7 Å². The maximum absolute atomic E-state index is 11.6. The first-order valence-electron chi connectivity index (χ1n) is 7.51. The van der Waals surface area contributed by atoms with Crippen LogP contribution in [-0.2, 0) is 4.79 Å². The summed E-state index contributed by atoms with van der Waals surface area (Å²) in [4.78, 5) is 22.9. The van der Waals surface area contributed by atoms with Crippen molar-refractivity contribution in [3.05, 3.63) is 24.3 Å². The highest BCUT2D eigenvalue weighted by Crippen LogP contribution is 2.17. The third-order valence-electron chi connectivity index (χ3n) is 2.95. The van der Waals surface area contributed by atoms with Gasteiger partial charge in [-0.3, -0.25) is 4.79 Å². The summed E-state index contributed by atoms with van der Waals surface area (Å²) in [6.45, 7) is 4.54. The normalized spacial score (nSPS) is 10.0. The summed E-state index contributed by atoms with van der Waals surface area (Å²) in [5, 5.41) is 5.43. The monoisotopic (exact) mass is 292 g/mol. The first-order chi connectivity index (χ1) is 10.2. The van der Waals surface area contributed by atoms with Crippen LogP contribution in [0.15, 0.2) is 24.3 Å². The Bertz CT molecular complexity index is 461. The Kier molecular flexibility index (Phi) is 7.94. The standard InChI is InChI=1S/C16H24N2O3/c1-3-5-6-7-11-17-16(20)21-14-10-8-9-13(12-14)18-15(19)4-2/h8-10,12H,3-7,11H2,1-2H3,(H,17,20)(H,18,19). The highest BCUT2D eigenvalue weighted by Gasteiger charge is 2.05. The second kappa shape index (κ2) is 9.80. The topological polar surface area (TPSA) is 67.4 Å². The van der Waals surface area contributed by atoms with E-state index in [2.05, 4.69) is 17.6 Å². The minimum Gasteiger partial charge on any atom is -0.410 e. The van der Waals surface area contributed by atoms with Crippen LogP contribution >= 0.6 is 0 Å². The van der Waals surface area contributed by atoms with Crippen LogP contribution in [0.25, 0.3) is 0 Å². The van der Waals surface area contributed by atoms with Crippen molar-refractivity contribution in [1.29, 1.82) is 0 Å². The summed E-state index contributed by atoms with van der Waals surface area (Å²) in [5.74, 6) is 0.336. The van der Waals surface area contributed by atoms with Crippen molar-refractivity contribution in [2.45, 2.75) is 46.0 Å². The molecule has 0 heterocycles. The number of hydrogen-bond donors (Lipinski definition) is 2. The van der Waals surface area contributed by atoms with E-state index >= 15 is 0 Å². The zero-order valence-corrected chi connectivity index (χ0v) is 12.8. The lowest BCUT2D eigenvalue weighted by Gasteiger charge is -2.08. The lowest BCUT2D eigenvalue weighted by Crippen LogP contribution is -2.27. The molecule has 0 aliphatic heterocycles. The third kappa shape index (κ3) is 7.34. The van der Waals surface area contributed by atoms with Gasteiger partial charge >= 0.3 is 6.09 Å². The molecule has 0 unspecified atom stereocenters. The number of hydrogen-bond acceptors (Lipinski definition) is 3. The predicted octanol–water partition coefficient (Wildman–Crippen LogP) is 3.70. The van der Waals surface area contributed by atoms with E-state index in [1.165, 1.54) is 12.8 Å². The number of rotatable bonds is 8. The zero-order chi connectivity index (χ0) is 15.5. The molecule has 5 heteroatoms. The van der Waals surface area contributed by atoms with Crippen molar-refractivity contribution in [2.75, 3.05) is 11.9 Å². The van der Waals surface area contributed by atoms with Gasteiger partial charge in [-0.15, -0.1) is 0 Å². The van der Waals surface area contributed by atoms with Crippen molar-refractivity contribution in [2.24, 2.45) is 0 Å². The molecule has 1 aromatic carbocycles. The van der Waals surface area contributed by atoms with Crippen LogP contribution < -0.4 is 15.4 Å². The quantitative estimate of drug-likeness (QED) is 0.718. The van der Waals surface area contributed by atoms with Gasteiger partial charge in [-0.1, -0.05) is 39.2 Å². The van der Waals surface area contributed by atoms with Crippen molar-refractivity contribution < 1.29 is 14.3 Å². The van der Waals surface area contributed by atoms with Crippen LogP contribution in [0, 0.1) is 0 Å². The molecule has 0 saturated carbocycles. The van der Waals surface area contributed by atoms with Gasteiger partial charge in [-0.25, -0.2) is 4.79 Å². The van der Waals surface area contributed by atoms with Crippen LogP contribution in [-0.4, -0.2) is 18.5 Å². The van der Waals surface area contributed by atoms with Gasteiger partial charge in [0.2, 0.25) is 5.91 Å². The van der Waals surface area contributed by atoms with Crippen LogP contribution in [0.4, 0.5) is 10.5 Å². The molecule has 0 aliphatic carbocycles. The summed E-state index contributed by atoms with van der Waals surface area (Å²) in [5.41, 5.74) is 0.620. The Labute approximate surface area is 126 Å². The van der Waals surface area contributed by atoms with Gasteiger partial charge in [-0.05, 0) is 18.6 Å². The number of unbranched alkanes of at least 4 members (excludes halogenated alkanes) is 3. The predicted molar refractivity (Wildman–Crippen MR) is 83.5 cm³/mol. The van der Waals surface area contributed by atoms with Gasteiger partial charge in [0.05, 0.1) is 0 Å². The fraction of sp³-hybridized carbons (Fsp3) is 0.500. The fourth-order valence-electron chi connectivity index (χ4n) is 1.77. The van der Waals surface area contributed by atoms with E-state index in [0.717, 1.165) is 12.8 Å². The highest BCUT2D eigenvalue weighted by molar-refractivity contribution is 5.90. The third-order valence-corrected chi connectivity index (χ3v) is 2.95. The van der Waals surface area contributed by atoms with E-state index in [1.807, 2.05) is 0 Å². The molecule has 0 radical (unpaired) electrons. The highest BCUT2D eigenvalue weighted by atomic mass is 16.6. The molecule has 1 aromatic rings. The number of carbonyl (C=O) groups excluding carboxylic acids is 2. The number of anilines is 1. The maximum atomic E-state index is 11.6. The Balaban J connectivity index is 2.38. The Morgan fingerprint density at radius 1 is 1.14 bits per heavy atom. The Morgan fingerprint density at radius 2 is 1.95 bits per heavy atom.